The largest absolute Gasteiger partial charge is 0.484 e. The van der Waals surface area contributed by atoms with Gasteiger partial charge in [0, 0.05) is 6.54 Å². The van der Waals surface area contributed by atoms with Crippen molar-refractivity contribution in [3.63, 3.8) is 0 Å². The summed E-state index contributed by atoms with van der Waals surface area (Å²) in [5.74, 6) is 1.69. The predicted molar refractivity (Wildman–Crippen MR) is 68.6 cm³/mol. The van der Waals surface area contributed by atoms with Crippen LogP contribution in [-0.2, 0) is 11.2 Å². The van der Waals surface area contributed by atoms with Crippen LogP contribution in [0.2, 0.25) is 0 Å². The molecule has 1 heterocycles. The number of carbonyl (C=O) groups is 1. The molecule has 18 heavy (non-hydrogen) atoms. The average Bonchev–Trinajstić information content (AvgIpc) is 2.36. The zero-order valence-corrected chi connectivity index (χ0v) is 10.3. The summed E-state index contributed by atoms with van der Waals surface area (Å²) in [4.78, 5) is 10.7. The van der Waals surface area contributed by atoms with E-state index < -0.39 is 5.91 Å². The maximum absolute atomic E-state index is 10.7. The van der Waals surface area contributed by atoms with E-state index in [2.05, 4.69) is 17.4 Å². The van der Waals surface area contributed by atoms with Crippen molar-refractivity contribution >= 4 is 5.91 Å². The Kier molecular flexibility index (Phi) is 2.96. The number of ether oxygens (including phenoxy) is 1. The second-order valence-corrected chi connectivity index (χ2v) is 5.28. The highest BCUT2D eigenvalue weighted by Crippen LogP contribution is 2.38. The molecule has 1 saturated heterocycles. The third-order valence-corrected chi connectivity index (χ3v) is 3.89. The van der Waals surface area contributed by atoms with E-state index in [9.17, 15) is 4.79 Å². The first kappa shape index (κ1) is 11.5. The Bertz CT molecular complexity index is 473. The molecule has 0 radical (unpaired) electrons. The summed E-state index contributed by atoms with van der Waals surface area (Å²) >= 11 is 0. The maximum Gasteiger partial charge on any atom is 0.255 e. The number of rotatable bonds is 3. The molecule has 1 aliphatic carbocycles. The number of piperidine rings is 1. The van der Waals surface area contributed by atoms with Gasteiger partial charge in [-0.1, -0.05) is 6.07 Å². The number of benzene rings is 1. The Hall–Kier alpha value is -1.55. The van der Waals surface area contributed by atoms with E-state index in [0.717, 1.165) is 31.2 Å². The smallest absolute Gasteiger partial charge is 0.255 e. The molecule has 96 valence electrons. The number of primary amides is 1. The number of nitrogens with one attached hydrogen (secondary N) is 1. The zero-order valence-electron chi connectivity index (χ0n) is 10.3. The van der Waals surface area contributed by atoms with E-state index in [4.69, 9.17) is 10.5 Å². The first-order valence-electron chi connectivity index (χ1n) is 6.47. The summed E-state index contributed by atoms with van der Waals surface area (Å²) in [5.41, 5.74) is 7.89. The van der Waals surface area contributed by atoms with Gasteiger partial charge < -0.3 is 15.8 Å². The molecule has 1 aliphatic heterocycles. The Labute approximate surface area is 107 Å². The standard InChI is InChI=1S/C14H18N2O2/c15-14(17)8-18-12-1-2-13-10(5-12)3-9-4-11(13)7-16-6-9/h1-2,5,9,11,16H,3-4,6-8H2,(H2,15,17). The Balaban J connectivity index is 1.82. The second kappa shape index (κ2) is 4.61. The van der Waals surface area contributed by atoms with Crippen molar-refractivity contribution in [3.05, 3.63) is 29.3 Å². The molecule has 2 bridgehead atoms. The van der Waals surface area contributed by atoms with Crippen molar-refractivity contribution in [2.45, 2.75) is 18.8 Å². The SMILES string of the molecule is NC(=O)COc1ccc2c(c1)CC1CNCC2C1. The highest BCUT2D eigenvalue weighted by Gasteiger charge is 2.30. The summed E-state index contributed by atoms with van der Waals surface area (Å²) < 4.78 is 5.37. The molecule has 4 heteroatoms. The van der Waals surface area contributed by atoms with Gasteiger partial charge in [0.15, 0.2) is 6.61 Å². The zero-order chi connectivity index (χ0) is 12.5. The minimum Gasteiger partial charge on any atom is -0.484 e. The van der Waals surface area contributed by atoms with E-state index in [1.165, 1.54) is 17.5 Å². The minimum atomic E-state index is -0.436. The van der Waals surface area contributed by atoms with Gasteiger partial charge in [-0.2, -0.15) is 0 Å². The Morgan fingerprint density at radius 3 is 3.17 bits per heavy atom. The van der Waals surface area contributed by atoms with Crippen LogP contribution >= 0.6 is 0 Å². The van der Waals surface area contributed by atoms with Crippen LogP contribution in [0.4, 0.5) is 0 Å². The normalized spacial score (nSPS) is 25.3. The fourth-order valence-corrected chi connectivity index (χ4v) is 3.14. The monoisotopic (exact) mass is 246 g/mol. The van der Waals surface area contributed by atoms with Gasteiger partial charge in [-0.05, 0) is 54.5 Å². The van der Waals surface area contributed by atoms with Crippen LogP contribution in [-0.4, -0.2) is 25.6 Å². The minimum absolute atomic E-state index is 0.0484. The van der Waals surface area contributed by atoms with Crippen molar-refractivity contribution in [3.8, 4) is 5.75 Å². The van der Waals surface area contributed by atoms with Gasteiger partial charge >= 0.3 is 0 Å². The van der Waals surface area contributed by atoms with Gasteiger partial charge in [-0.3, -0.25) is 4.79 Å². The lowest BCUT2D eigenvalue weighted by molar-refractivity contribution is -0.119. The summed E-state index contributed by atoms with van der Waals surface area (Å²) in [7, 11) is 0. The topological polar surface area (TPSA) is 64.4 Å². The molecule has 3 N–H and O–H groups in total. The van der Waals surface area contributed by atoms with E-state index in [-0.39, 0.29) is 6.61 Å². The third kappa shape index (κ3) is 2.20. The number of nitrogens with two attached hydrogens (primary N) is 1. The van der Waals surface area contributed by atoms with Crippen LogP contribution in [0.25, 0.3) is 0 Å². The fraction of sp³-hybridized carbons (Fsp3) is 0.500. The Morgan fingerprint density at radius 1 is 1.44 bits per heavy atom. The fourth-order valence-electron chi connectivity index (χ4n) is 3.14. The van der Waals surface area contributed by atoms with Crippen molar-refractivity contribution in [2.75, 3.05) is 19.7 Å². The molecule has 0 saturated carbocycles. The van der Waals surface area contributed by atoms with Gasteiger partial charge in [0.2, 0.25) is 0 Å². The summed E-state index contributed by atoms with van der Waals surface area (Å²) in [6, 6.07) is 6.15. The molecular weight excluding hydrogens is 228 g/mol. The van der Waals surface area contributed by atoms with Gasteiger partial charge in [0.1, 0.15) is 5.75 Å². The molecule has 1 aromatic rings. The van der Waals surface area contributed by atoms with Crippen LogP contribution < -0.4 is 15.8 Å². The van der Waals surface area contributed by atoms with Crippen LogP contribution in [0, 0.1) is 5.92 Å². The molecule has 1 amide bonds. The number of carbonyl (C=O) groups excluding carboxylic acids is 1. The summed E-state index contributed by atoms with van der Waals surface area (Å²) in [5, 5.41) is 3.49. The van der Waals surface area contributed by atoms with E-state index in [0.29, 0.717) is 5.92 Å². The van der Waals surface area contributed by atoms with Crippen LogP contribution in [0.15, 0.2) is 18.2 Å². The summed E-state index contributed by atoms with van der Waals surface area (Å²) in [6.07, 6.45) is 2.40. The lowest BCUT2D eigenvalue weighted by Gasteiger charge is -2.36. The third-order valence-electron chi connectivity index (χ3n) is 3.89. The van der Waals surface area contributed by atoms with Crippen molar-refractivity contribution in [1.82, 2.24) is 5.32 Å². The first-order chi connectivity index (χ1) is 8.72. The maximum atomic E-state index is 10.7. The molecule has 4 nitrogen and oxygen atoms in total. The van der Waals surface area contributed by atoms with Crippen molar-refractivity contribution < 1.29 is 9.53 Å². The van der Waals surface area contributed by atoms with Gasteiger partial charge in [-0.25, -0.2) is 0 Å². The van der Waals surface area contributed by atoms with Gasteiger partial charge in [0.05, 0.1) is 0 Å². The lowest BCUT2D eigenvalue weighted by Crippen LogP contribution is -2.39. The van der Waals surface area contributed by atoms with E-state index in [1.54, 1.807) is 0 Å². The molecule has 3 rings (SSSR count). The lowest BCUT2D eigenvalue weighted by atomic mass is 9.74. The second-order valence-electron chi connectivity index (χ2n) is 5.28. The van der Waals surface area contributed by atoms with E-state index in [1.807, 2.05) is 6.07 Å². The van der Waals surface area contributed by atoms with Crippen LogP contribution in [0.3, 0.4) is 0 Å². The summed E-state index contributed by atoms with van der Waals surface area (Å²) in [6.45, 7) is 2.14. The first-order valence-corrected chi connectivity index (χ1v) is 6.47. The Morgan fingerprint density at radius 2 is 2.33 bits per heavy atom. The molecule has 2 aliphatic rings. The number of fused-ring (bicyclic) bond motifs is 4. The predicted octanol–water partition coefficient (Wildman–Crippen LogP) is 0.800. The molecule has 0 spiro atoms. The van der Waals surface area contributed by atoms with Gasteiger partial charge in [-0.15, -0.1) is 0 Å². The quantitative estimate of drug-likeness (QED) is 0.829. The molecule has 0 aromatic heterocycles. The molecule has 1 fully saturated rings. The van der Waals surface area contributed by atoms with Crippen molar-refractivity contribution in [1.29, 1.82) is 0 Å². The highest BCUT2D eigenvalue weighted by atomic mass is 16.5. The van der Waals surface area contributed by atoms with Gasteiger partial charge in [0.25, 0.3) is 5.91 Å². The van der Waals surface area contributed by atoms with Crippen LogP contribution in [0.5, 0.6) is 5.75 Å². The average molecular weight is 246 g/mol. The number of amides is 1. The molecular formula is C14H18N2O2. The van der Waals surface area contributed by atoms with E-state index >= 15 is 0 Å². The number of hydrogen-bond donors (Lipinski definition) is 2. The highest BCUT2D eigenvalue weighted by molar-refractivity contribution is 5.75. The van der Waals surface area contributed by atoms with Crippen LogP contribution in [0.1, 0.15) is 23.5 Å². The molecule has 2 atom stereocenters. The number of hydrogen-bond acceptors (Lipinski definition) is 3. The molecule has 2 unspecified atom stereocenters. The van der Waals surface area contributed by atoms with Crippen molar-refractivity contribution in [2.24, 2.45) is 11.7 Å². The molecule has 1 aromatic carbocycles.